The monoisotopic (exact) mass is 279 g/mol. The molecule has 0 amide bonds. The molecule has 0 aromatic carbocycles. The van der Waals surface area contributed by atoms with Crippen molar-refractivity contribution in [1.82, 2.24) is 4.72 Å². The normalized spacial score (nSPS) is 19.7. The van der Waals surface area contributed by atoms with Crippen LogP contribution in [0.1, 0.15) is 26.2 Å². The highest BCUT2D eigenvalue weighted by Crippen LogP contribution is 2.40. The molecule has 104 valence electrons. The number of carbonyl (C=O) groups excluding carboxylic acids is 1. The van der Waals surface area contributed by atoms with E-state index in [1.54, 1.807) is 0 Å². The number of esters is 1. The summed E-state index contributed by atoms with van der Waals surface area (Å²) in [5.41, 5.74) is -1.02. The van der Waals surface area contributed by atoms with Gasteiger partial charge in [0.1, 0.15) is 0 Å². The molecule has 1 atom stereocenters. The molecule has 1 unspecified atom stereocenters. The summed E-state index contributed by atoms with van der Waals surface area (Å²) in [4.78, 5) is 22.2. The molecule has 18 heavy (non-hydrogen) atoms. The smallest absolute Gasteiger partial charge is 0.325 e. The topological polar surface area (TPSA) is 110 Å². The Morgan fingerprint density at radius 1 is 1.44 bits per heavy atom. The highest BCUT2D eigenvalue weighted by molar-refractivity contribution is 7.90. The number of sulfonamides is 1. The average Bonchev–Trinajstić information content (AvgIpc) is 2.24. The molecule has 1 saturated carbocycles. The van der Waals surface area contributed by atoms with Crippen LogP contribution in [0.15, 0.2) is 0 Å². The summed E-state index contributed by atoms with van der Waals surface area (Å²) >= 11 is 0. The van der Waals surface area contributed by atoms with Crippen molar-refractivity contribution >= 4 is 22.0 Å². The van der Waals surface area contributed by atoms with Crippen LogP contribution in [0.2, 0.25) is 0 Å². The van der Waals surface area contributed by atoms with Gasteiger partial charge in [0, 0.05) is 6.54 Å². The van der Waals surface area contributed by atoms with E-state index in [1.165, 1.54) is 6.92 Å². The van der Waals surface area contributed by atoms with Crippen molar-refractivity contribution in [3.63, 3.8) is 0 Å². The molecule has 2 N–H and O–H groups in total. The summed E-state index contributed by atoms with van der Waals surface area (Å²) in [6.45, 7) is 1.01. The van der Waals surface area contributed by atoms with Crippen LogP contribution < -0.4 is 4.72 Å². The fourth-order valence-electron chi connectivity index (χ4n) is 1.73. The summed E-state index contributed by atoms with van der Waals surface area (Å²) in [5, 5.41) is 7.69. The first-order chi connectivity index (χ1) is 8.25. The molecule has 8 heteroatoms. The van der Waals surface area contributed by atoms with Crippen LogP contribution in [-0.4, -0.2) is 44.4 Å². The maximum atomic E-state index is 11.7. The lowest BCUT2D eigenvalue weighted by Gasteiger charge is -2.37. The number of carboxylic acids is 1. The zero-order valence-corrected chi connectivity index (χ0v) is 11.1. The molecule has 1 aliphatic carbocycles. The van der Waals surface area contributed by atoms with Crippen molar-refractivity contribution in [2.24, 2.45) is 5.41 Å². The Morgan fingerprint density at radius 3 is 2.33 bits per heavy atom. The number of nitrogens with one attached hydrogen (secondary N) is 1. The molecule has 0 aromatic rings. The summed E-state index contributed by atoms with van der Waals surface area (Å²) in [6, 6.07) is 0. The molecule has 1 rings (SSSR count). The highest BCUT2D eigenvalue weighted by atomic mass is 32.2. The van der Waals surface area contributed by atoms with Gasteiger partial charge in [0.05, 0.1) is 12.5 Å². The molecule has 7 nitrogen and oxygen atoms in total. The minimum Gasteiger partial charge on any atom is -0.481 e. The van der Waals surface area contributed by atoms with Crippen molar-refractivity contribution in [3.05, 3.63) is 0 Å². The van der Waals surface area contributed by atoms with Gasteiger partial charge in [0.2, 0.25) is 10.0 Å². The molecule has 0 aromatic heterocycles. The van der Waals surface area contributed by atoms with Gasteiger partial charge in [-0.3, -0.25) is 9.59 Å². The van der Waals surface area contributed by atoms with E-state index < -0.39 is 32.6 Å². The molecule has 0 radical (unpaired) electrons. The van der Waals surface area contributed by atoms with Gasteiger partial charge in [-0.15, -0.1) is 0 Å². The fraction of sp³-hybridized carbons (Fsp3) is 0.800. The third-order valence-corrected chi connectivity index (χ3v) is 5.04. The molecule has 0 spiro atoms. The van der Waals surface area contributed by atoms with Crippen molar-refractivity contribution in [3.8, 4) is 0 Å². The molecular weight excluding hydrogens is 262 g/mol. The van der Waals surface area contributed by atoms with Crippen LogP contribution in [-0.2, 0) is 24.3 Å². The second-order valence-corrected chi connectivity index (χ2v) is 6.56. The number of hydrogen-bond donors (Lipinski definition) is 2. The van der Waals surface area contributed by atoms with E-state index in [4.69, 9.17) is 5.11 Å². The summed E-state index contributed by atoms with van der Waals surface area (Å²) in [7, 11) is -2.81. The Bertz CT molecular complexity index is 439. The van der Waals surface area contributed by atoms with Crippen LogP contribution >= 0.6 is 0 Å². The van der Waals surface area contributed by atoms with E-state index in [1.807, 2.05) is 0 Å². The van der Waals surface area contributed by atoms with Gasteiger partial charge < -0.3 is 9.84 Å². The van der Waals surface area contributed by atoms with E-state index in [0.29, 0.717) is 12.8 Å². The number of hydrogen-bond acceptors (Lipinski definition) is 5. The maximum absolute atomic E-state index is 11.7. The summed E-state index contributed by atoms with van der Waals surface area (Å²) in [6.07, 6.45) is 1.65. The van der Waals surface area contributed by atoms with E-state index >= 15 is 0 Å². The minimum absolute atomic E-state index is 0.188. The number of aliphatic carboxylic acids is 1. The van der Waals surface area contributed by atoms with Gasteiger partial charge in [-0.05, 0) is 19.8 Å². The number of rotatable bonds is 6. The Balaban J connectivity index is 2.67. The Kier molecular flexibility index (Phi) is 4.33. The number of carboxylic acid groups (broad SMARTS) is 1. The highest BCUT2D eigenvalue weighted by Gasteiger charge is 2.45. The maximum Gasteiger partial charge on any atom is 0.325 e. The zero-order chi connectivity index (χ0) is 14.0. The SMILES string of the molecule is COC(=O)C(C)S(=O)(=O)NCC1(C(=O)O)CCC1. The molecule has 0 bridgehead atoms. The summed E-state index contributed by atoms with van der Waals surface area (Å²) < 4.78 is 30.0. The molecule has 0 saturated heterocycles. The predicted molar refractivity (Wildman–Crippen MR) is 62.3 cm³/mol. The second-order valence-electron chi connectivity index (χ2n) is 4.47. The van der Waals surface area contributed by atoms with E-state index in [2.05, 4.69) is 9.46 Å². The van der Waals surface area contributed by atoms with Crippen molar-refractivity contribution in [2.45, 2.75) is 31.4 Å². The Hall–Kier alpha value is -1.15. The van der Waals surface area contributed by atoms with Crippen molar-refractivity contribution in [1.29, 1.82) is 0 Å². The second kappa shape index (κ2) is 5.23. The van der Waals surface area contributed by atoms with Gasteiger partial charge in [-0.25, -0.2) is 13.1 Å². The predicted octanol–water partition coefficient (Wildman–Crippen LogP) is -0.278. The van der Waals surface area contributed by atoms with Crippen LogP contribution in [0.5, 0.6) is 0 Å². The first-order valence-electron chi connectivity index (χ1n) is 5.55. The van der Waals surface area contributed by atoms with E-state index in [9.17, 15) is 18.0 Å². The Labute approximate surface area is 106 Å². The first kappa shape index (κ1) is 14.9. The Morgan fingerprint density at radius 2 is 2.00 bits per heavy atom. The molecule has 1 aliphatic rings. The van der Waals surface area contributed by atoms with Crippen LogP contribution in [0.4, 0.5) is 0 Å². The van der Waals surface area contributed by atoms with Gasteiger partial charge in [0.15, 0.2) is 5.25 Å². The molecule has 1 fully saturated rings. The van der Waals surface area contributed by atoms with Crippen molar-refractivity contribution in [2.75, 3.05) is 13.7 Å². The summed E-state index contributed by atoms with van der Waals surface area (Å²) in [5.74, 6) is -1.89. The molecule has 0 heterocycles. The third kappa shape index (κ3) is 2.81. The van der Waals surface area contributed by atoms with Crippen LogP contribution in [0.3, 0.4) is 0 Å². The number of ether oxygens (including phenoxy) is 1. The number of methoxy groups -OCH3 is 1. The zero-order valence-electron chi connectivity index (χ0n) is 10.3. The van der Waals surface area contributed by atoms with Crippen LogP contribution in [0.25, 0.3) is 0 Å². The first-order valence-corrected chi connectivity index (χ1v) is 7.09. The number of carbonyl (C=O) groups is 2. The van der Waals surface area contributed by atoms with Gasteiger partial charge in [0.25, 0.3) is 0 Å². The molecule has 0 aliphatic heterocycles. The van der Waals surface area contributed by atoms with E-state index in [0.717, 1.165) is 13.5 Å². The van der Waals surface area contributed by atoms with Crippen molar-refractivity contribution < 1.29 is 27.9 Å². The minimum atomic E-state index is -3.90. The lowest BCUT2D eigenvalue weighted by atomic mass is 9.69. The largest absolute Gasteiger partial charge is 0.481 e. The third-order valence-electron chi connectivity index (χ3n) is 3.37. The standard InChI is InChI=1S/C10H17NO6S/c1-7(8(12)17-2)18(15,16)11-6-10(9(13)14)4-3-5-10/h7,11H,3-6H2,1-2H3,(H,13,14). The van der Waals surface area contributed by atoms with E-state index in [-0.39, 0.29) is 6.54 Å². The van der Waals surface area contributed by atoms with Gasteiger partial charge in [-0.1, -0.05) is 6.42 Å². The molecular formula is C10H17NO6S. The lowest BCUT2D eigenvalue weighted by molar-refractivity contribution is -0.153. The lowest BCUT2D eigenvalue weighted by Crippen LogP contribution is -2.50. The fourth-order valence-corrected chi connectivity index (χ4v) is 2.80. The van der Waals surface area contributed by atoms with Gasteiger partial charge >= 0.3 is 11.9 Å². The quantitative estimate of drug-likeness (QED) is 0.647. The van der Waals surface area contributed by atoms with Crippen LogP contribution in [0, 0.1) is 5.41 Å². The van der Waals surface area contributed by atoms with Gasteiger partial charge in [-0.2, -0.15) is 0 Å². The average molecular weight is 279 g/mol.